The third-order valence-corrected chi connectivity index (χ3v) is 3.24. The molecule has 2 amide bonds. The lowest BCUT2D eigenvalue weighted by Gasteiger charge is -2.30. The zero-order valence-electron chi connectivity index (χ0n) is 11.1. The molecule has 0 saturated carbocycles. The van der Waals surface area contributed by atoms with E-state index in [4.69, 9.17) is 0 Å². The van der Waals surface area contributed by atoms with Gasteiger partial charge in [0.15, 0.2) is 0 Å². The van der Waals surface area contributed by atoms with Crippen LogP contribution in [0.25, 0.3) is 0 Å². The Bertz CT molecular complexity index is 459. The molecule has 1 aromatic rings. The van der Waals surface area contributed by atoms with Crippen LogP contribution in [0, 0.1) is 5.92 Å². The molecule has 0 spiro atoms. The molecule has 3 heteroatoms. The number of nitrogens with zero attached hydrogens (tertiary/aromatic N) is 1. The smallest absolute Gasteiger partial charge is 0.233 e. The molecule has 0 bridgehead atoms. The van der Waals surface area contributed by atoms with E-state index in [2.05, 4.69) is 0 Å². The highest BCUT2D eigenvalue weighted by molar-refractivity contribution is 6.04. The van der Waals surface area contributed by atoms with Crippen LogP contribution >= 0.6 is 0 Å². The van der Waals surface area contributed by atoms with Crippen LogP contribution in [0.4, 0.5) is 0 Å². The van der Waals surface area contributed by atoms with Gasteiger partial charge in [-0.15, -0.1) is 0 Å². The molecule has 0 unspecified atom stereocenters. The molecule has 0 aromatic heterocycles. The highest BCUT2D eigenvalue weighted by atomic mass is 16.2. The normalized spacial score (nSPS) is 20.6. The van der Waals surface area contributed by atoms with Crippen molar-refractivity contribution in [2.24, 2.45) is 5.92 Å². The Morgan fingerprint density at radius 1 is 1.17 bits per heavy atom. The molecule has 1 atom stereocenters. The first-order valence-electron chi connectivity index (χ1n) is 6.30. The van der Waals surface area contributed by atoms with Gasteiger partial charge >= 0.3 is 0 Å². The maximum Gasteiger partial charge on any atom is 0.233 e. The van der Waals surface area contributed by atoms with Crippen LogP contribution in [0.3, 0.4) is 0 Å². The fourth-order valence-corrected chi connectivity index (χ4v) is 2.46. The van der Waals surface area contributed by atoms with Crippen LogP contribution in [0.5, 0.6) is 0 Å². The summed E-state index contributed by atoms with van der Waals surface area (Å²) in [5, 5.41) is 0. The van der Waals surface area contributed by atoms with E-state index in [0.717, 1.165) is 5.56 Å². The van der Waals surface area contributed by atoms with Crippen LogP contribution in [0.15, 0.2) is 30.3 Å². The van der Waals surface area contributed by atoms with E-state index in [9.17, 15) is 9.59 Å². The van der Waals surface area contributed by atoms with Crippen molar-refractivity contribution in [3.8, 4) is 0 Å². The average molecular weight is 245 g/mol. The van der Waals surface area contributed by atoms with Gasteiger partial charge in [0, 0.05) is 12.0 Å². The standard InChI is InChI=1S/C15H19NO2/c1-15(2,3)16-13(17)10-12(14(16)18)9-11-7-5-4-6-8-11/h4-8,12H,9-10H2,1-3H3/t12-/m0/s1. The number of carbonyl (C=O) groups is 2. The fourth-order valence-electron chi connectivity index (χ4n) is 2.46. The van der Waals surface area contributed by atoms with Gasteiger partial charge in [-0.05, 0) is 32.8 Å². The van der Waals surface area contributed by atoms with E-state index in [1.807, 2.05) is 51.1 Å². The summed E-state index contributed by atoms with van der Waals surface area (Å²) in [7, 11) is 0. The summed E-state index contributed by atoms with van der Waals surface area (Å²) in [6.45, 7) is 5.69. The van der Waals surface area contributed by atoms with Crippen molar-refractivity contribution >= 4 is 11.8 Å². The van der Waals surface area contributed by atoms with E-state index >= 15 is 0 Å². The molecule has 0 N–H and O–H groups in total. The third-order valence-electron chi connectivity index (χ3n) is 3.24. The summed E-state index contributed by atoms with van der Waals surface area (Å²) < 4.78 is 0. The largest absolute Gasteiger partial charge is 0.277 e. The molecule has 2 rings (SSSR count). The van der Waals surface area contributed by atoms with Crippen molar-refractivity contribution < 1.29 is 9.59 Å². The molecule has 18 heavy (non-hydrogen) atoms. The van der Waals surface area contributed by atoms with E-state index in [1.54, 1.807) is 0 Å². The Hall–Kier alpha value is -1.64. The van der Waals surface area contributed by atoms with Gasteiger partial charge in [-0.3, -0.25) is 14.5 Å². The number of imide groups is 1. The lowest BCUT2D eigenvalue weighted by molar-refractivity contribution is -0.144. The van der Waals surface area contributed by atoms with Crippen LogP contribution in [-0.2, 0) is 16.0 Å². The van der Waals surface area contributed by atoms with Crippen molar-refractivity contribution in [2.45, 2.75) is 39.2 Å². The molecule has 96 valence electrons. The first-order valence-corrected chi connectivity index (χ1v) is 6.30. The monoisotopic (exact) mass is 245 g/mol. The highest BCUT2D eigenvalue weighted by Gasteiger charge is 2.43. The van der Waals surface area contributed by atoms with Gasteiger partial charge in [-0.2, -0.15) is 0 Å². The summed E-state index contributed by atoms with van der Waals surface area (Å²) >= 11 is 0. The first kappa shape index (κ1) is 12.8. The molecule has 1 saturated heterocycles. The topological polar surface area (TPSA) is 37.4 Å². The Labute approximate surface area is 108 Å². The number of hydrogen-bond donors (Lipinski definition) is 0. The maximum atomic E-state index is 12.3. The maximum absolute atomic E-state index is 12.3. The highest BCUT2D eigenvalue weighted by Crippen LogP contribution is 2.29. The number of hydrogen-bond acceptors (Lipinski definition) is 2. The second-order valence-electron chi connectivity index (χ2n) is 5.83. The average Bonchev–Trinajstić information content (AvgIpc) is 2.54. The van der Waals surface area contributed by atoms with Crippen LogP contribution in [-0.4, -0.2) is 22.3 Å². The molecular weight excluding hydrogens is 226 g/mol. The van der Waals surface area contributed by atoms with E-state index in [1.165, 1.54) is 4.90 Å². The second kappa shape index (κ2) is 4.56. The number of amides is 2. The summed E-state index contributed by atoms with van der Waals surface area (Å²) in [5.41, 5.74) is 0.694. The zero-order valence-corrected chi connectivity index (χ0v) is 11.1. The van der Waals surface area contributed by atoms with E-state index in [-0.39, 0.29) is 17.7 Å². The van der Waals surface area contributed by atoms with Gasteiger partial charge in [-0.25, -0.2) is 0 Å². The van der Waals surface area contributed by atoms with Gasteiger partial charge in [0.1, 0.15) is 0 Å². The molecule has 1 heterocycles. The van der Waals surface area contributed by atoms with Gasteiger partial charge in [0.05, 0.1) is 5.92 Å². The zero-order chi connectivity index (χ0) is 13.3. The minimum Gasteiger partial charge on any atom is -0.277 e. The quantitative estimate of drug-likeness (QED) is 0.750. The molecule has 1 aliphatic rings. The van der Waals surface area contributed by atoms with E-state index < -0.39 is 5.54 Å². The van der Waals surface area contributed by atoms with Crippen molar-refractivity contribution in [1.82, 2.24) is 4.90 Å². The van der Waals surface area contributed by atoms with Gasteiger partial charge < -0.3 is 0 Å². The SMILES string of the molecule is CC(C)(C)N1C(=O)C[C@H](Cc2ccccc2)C1=O. The summed E-state index contributed by atoms with van der Waals surface area (Å²) in [6, 6.07) is 9.86. The molecule has 1 fully saturated rings. The van der Waals surface area contributed by atoms with Crippen molar-refractivity contribution in [3.05, 3.63) is 35.9 Å². The molecule has 1 aromatic carbocycles. The molecule has 0 aliphatic carbocycles. The predicted molar refractivity (Wildman–Crippen MR) is 69.9 cm³/mol. The Morgan fingerprint density at radius 2 is 1.78 bits per heavy atom. The van der Waals surface area contributed by atoms with Crippen LogP contribution < -0.4 is 0 Å². The van der Waals surface area contributed by atoms with Crippen LogP contribution in [0.2, 0.25) is 0 Å². The minimum atomic E-state index is -0.417. The number of carbonyl (C=O) groups excluding carboxylic acids is 2. The van der Waals surface area contributed by atoms with Gasteiger partial charge in [0.25, 0.3) is 0 Å². The summed E-state index contributed by atoms with van der Waals surface area (Å²) in [6.07, 6.45) is 0.989. The Morgan fingerprint density at radius 3 is 2.28 bits per heavy atom. The second-order valence-corrected chi connectivity index (χ2v) is 5.83. The molecule has 0 radical (unpaired) electrons. The van der Waals surface area contributed by atoms with Crippen LogP contribution in [0.1, 0.15) is 32.8 Å². The minimum absolute atomic E-state index is 0.0312. The number of likely N-dealkylation sites (tertiary alicyclic amines) is 1. The summed E-state index contributed by atoms with van der Waals surface area (Å²) in [4.78, 5) is 25.6. The molecular formula is C15H19NO2. The van der Waals surface area contributed by atoms with E-state index in [0.29, 0.717) is 12.8 Å². The van der Waals surface area contributed by atoms with Gasteiger partial charge in [-0.1, -0.05) is 30.3 Å². The number of rotatable bonds is 2. The number of benzene rings is 1. The van der Waals surface area contributed by atoms with Crippen molar-refractivity contribution in [2.75, 3.05) is 0 Å². The Balaban J connectivity index is 2.14. The first-order chi connectivity index (χ1) is 8.39. The lowest BCUT2D eigenvalue weighted by atomic mass is 9.98. The van der Waals surface area contributed by atoms with Crippen molar-refractivity contribution in [1.29, 1.82) is 0 Å². The molecule has 3 nitrogen and oxygen atoms in total. The predicted octanol–water partition coefficient (Wildman–Crippen LogP) is 2.40. The van der Waals surface area contributed by atoms with Crippen molar-refractivity contribution in [3.63, 3.8) is 0 Å². The fraction of sp³-hybridized carbons (Fsp3) is 0.467. The third kappa shape index (κ3) is 2.45. The molecule has 1 aliphatic heterocycles. The summed E-state index contributed by atoms with van der Waals surface area (Å²) in [5.74, 6) is -0.274. The lowest BCUT2D eigenvalue weighted by Crippen LogP contribution is -2.45. The Kier molecular flexibility index (Phi) is 3.24. The van der Waals surface area contributed by atoms with Gasteiger partial charge in [0.2, 0.25) is 11.8 Å².